The first kappa shape index (κ1) is 12.1. The lowest BCUT2D eigenvalue weighted by atomic mass is 10.2. The number of hydrogen-bond donors (Lipinski definition) is 1. The van der Waals surface area contributed by atoms with Crippen molar-refractivity contribution in [3.63, 3.8) is 0 Å². The maximum absolute atomic E-state index is 6.17. The van der Waals surface area contributed by atoms with Gasteiger partial charge in [0.1, 0.15) is 0 Å². The standard InChI is InChI=1S/C14H22N4/c15-14(3-4-14)12-18-8-6-17(7-9-18)11-13-2-1-5-16-10-13/h1-2,5,10H,3-4,6-9,11-12,15H2. The van der Waals surface area contributed by atoms with Crippen molar-refractivity contribution >= 4 is 0 Å². The lowest BCUT2D eigenvalue weighted by Gasteiger charge is -2.35. The molecule has 1 saturated heterocycles. The first-order valence-electron chi connectivity index (χ1n) is 6.86. The molecule has 98 valence electrons. The van der Waals surface area contributed by atoms with Crippen LogP contribution in [0.25, 0.3) is 0 Å². The lowest BCUT2D eigenvalue weighted by molar-refractivity contribution is 0.119. The first-order valence-corrected chi connectivity index (χ1v) is 6.86. The molecule has 3 rings (SSSR count). The molecule has 0 bridgehead atoms. The van der Waals surface area contributed by atoms with E-state index in [0.717, 1.165) is 39.3 Å². The molecule has 0 radical (unpaired) electrons. The van der Waals surface area contributed by atoms with Gasteiger partial charge in [-0.25, -0.2) is 0 Å². The van der Waals surface area contributed by atoms with Crippen LogP contribution in [0.5, 0.6) is 0 Å². The summed E-state index contributed by atoms with van der Waals surface area (Å²) < 4.78 is 0. The van der Waals surface area contributed by atoms with Gasteiger partial charge in [0.2, 0.25) is 0 Å². The van der Waals surface area contributed by atoms with Gasteiger partial charge in [-0.1, -0.05) is 6.07 Å². The normalized spacial score (nSPS) is 24.1. The van der Waals surface area contributed by atoms with Crippen molar-refractivity contribution in [1.82, 2.24) is 14.8 Å². The molecule has 1 aliphatic carbocycles. The summed E-state index contributed by atoms with van der Waals surface area (Å²) in [5.74, 6) is 0. The van der Waals surface area contributed by atoms with Crippen LogP contribution in [0.15, 0.2) is 24.5 Å². The van der Waals surface area contributed by atoms with E-state index in [4.69, 9.17) is 5.73 Å². The molecular formula is C14H22N4. The van der Waals surface area contributed by atoms with Gasteiger partial charge in [-0.05, 0) is 24.5 Å². The Hall–Kier alpha value is -0.970. The Kier molecular flexibility index (Phi) is 3.33. The summed E-state index contributed by atoms with van der Waals surface area (Å²) in [4.78, 5) is 9.19. The van der Waals surface area contributed by atoms with Crippen LogP contribution >= 0.6 is 0 Å². The number of pyridine rings is 1. The van der Waals surface area contributed by atoms with Crippen LogP contribution in [0, 0.1) is 0 Å². The third-order valence-electron chi connectivity index (χ3n) is 4.02. The Bertz CT molecular complexity index is 380. The zero-order valence-corrected chi connectivity index (χ0v) is 10.9. The van der Waals surface area contributed by atoms with E-state index < -0.39 is 0 Å². The third-order valence-corrected chi connectivity index (χ3v) is 4.02. The summed E-state index contributed by atoms with van der Waals surface area (Å²) in [6.07, 6.45) is 6.22. The van der Waals surface area contributed by atoms with Gasteiger partial charge in [0.15, 0.2) is 0 Å². The second-order valence-corrected chi connectivity index (χ2v) is 5.78. The van der Waals surface area contributed by atoms with Crippen LogP contribution in [0.4, 0.5) is 0 Å². The van der Waals surface area contributed by atoms with E-state index >= 15 is 0 Å². The van der Waals surface area contributed by atoms with E-state index in [1.165, 1.54) is 18.4 Å². The molecule has 1 aromatic rings. The fourth-order valence-electron chi connectivity index (χ4n) is 2.62. The summed E-state index contributed by atoms with van der Waals surface area (Å²) in [6, 6.07) is 4.16. The summed E-state index contributed by atoms with van der Waals surface area (Å²) in [5, 5.41) is 0. The van der Waals surface area contributed by atoms with Crippen LogP contribution in [0.2, 0.25) is 0 Å². The molecule has 1 saturated carbocycles. The first-order chi connectivity index (χ1) is 8.73. The molecule has 2 aliphatic rings. The van der Waals surface area contributed by atoms with Crippen molar-refractivity contribution in [3.8, 4) is 0 Å². The molecule has 0 amide bonds. The molecule has 0 spiro atoms. The van der Waals surface area contributed by atoms with Gasteiger partial charge in [-0.3, -0.25) is 14.8 Å². The van der Waals surface area contributed by atoms with Crippen molar-refractivity contribution in [2.75, 3.05) is 32.7 Å². The number of nitrogens with two attached hydrogens (primary N) is 1. The summed E-state index contributed by atoms with van der Waals surface area (Å²) in [7, 11) is 0. The van der Waals surface area contributed by atoms with E-state index in [1.807, 2.05) is 18.5 Å². The highest BCUT2D eigenvalue weighted by molar-refractivity contribution is 5.08. The Balaban J connectivity index is 1.45. The second-order valence-electron chi connectivity index (χ2n) is 5.78. The minimum absolute atomic E-state index is 0.158. The molecule has 2 heterocycles. The Morgan fingerprint density at radius 2 is 1.89 bits per heavy atom. The third kappa shape index (κ3) is 3.07. The smallest absolute Gasteiger partial charge is 0.0312 e. The van der Waals surface area contributed by atoms with Gasteiger partial charge in [0, 0.05) is 57.2 Å². The summed E-state index contributed by atoms with van der Waals surface area (Å²) >= 11 is 0. The summed E-state index contributed by atoms with van der Waals surface area (Å²) in [5.41, 5.74) is 7.64. The topological polar surface area (TPSA) is 45.4 Å². The van der Waals surface area contributed by atoms with Crippen LogP contribution in [-0.2, 0) is 6.54 Å². The van der Waals surface area contributed by atoms with Crippen molar-refractivity contribution < 1.29 is 0 Å². The molecule has 4 heteroatoms. The second kappa shape index (κ2) is 4.96. The van der Waals surface area contributed by atoms with E-state index in [-0.39, 0.29) is 5.54 Å². The average molecular weight is 246 g/mol. The van der Waals surface area contributed by atoms with Gasteiger partial charge >= 0.3 is 0 Å². The highest BCUT2D eigenvalue weighted by Crippen LogP contribution is 2.33. The lowest BCUT2D eigenvalue weighted by Crippen LogP contribution is -2.50. The molecule has 1 aromatic heterocycles. The maximum atomic E-state index is 6.17. The minimum Gasteiger partial charge on any atom is -0.324 e. The Labute approximate surface area is 109 Å². The van der Waals surface area contributed by atoms with Crippen molar-refractivity contribution in [2.24, 2.45) is 5.73 Å². The van der Waals surface area contributed by atoms with Crippen molar-refractivity contribution in [3.05, 3.63) is 30.1 Å². The molecule has 0 aromatic carbocycles. The van der Waals surface area contributed by atoms with Gasteiger partial charge in [0.05, 0.1) is 0 Å². The fourth-order valence-corrected chi connectivity index (χ4v) is 2.62. The number of rotatable bonds is 4. The van der Waals surface area contributed by atoms with Crippen LogP contribution in [0.1, 0.15) is 18.4 Å². The average Bonchev–Trinajstić information content (AvgIpc) is 3.11. The minimum atomic E-state index is 0.158. The van der Waals surface area contributed by atoms with E-state index in [2.05, 4.69) is 20.9 Å². The van der Waals surface area contributed by atoms with Crippen LogP contribution in [0.3, 0.4) is 0 Å². The zero-order valence-electron chi connectivity index (χ0n) is 10.9. The Morgan fingerprint density at radius 3 is 2.50 bits per heavy atom. The predicted molar refractivity (Wildman–Crippen MR) is 72.1 cm³/mol. The molecular weight excluding hydrogens is 224 g/mol. The predicted octanol–water partition coefficient (Wildman–Crippen LogP) is 0.691. The van der Waals surface area contributed by atoms with Gasteiger partial charge in [-0.15, -0.1) is 0 Å². The molecule has 0 atom stereocenters. The van der Waals surface area contributed by atoms with E-state index in [0.29, 0.717) is 0 Å². The van der Waals surface area contributed by atoms with E-state index in [9.17, 15) is 0 Å². The number of hydrogen-bond acceptors (Lipinski definition) is 4. The van der Waals surface area contributed by atoms with E-state index in [1.54, 1.807) is 0 Å². The van der Waals surface area contributed by atoms with Crippen LogP contribution < -0.4 is 5.73 Å². The SMILES string of the molecule is NC1(CN2CCN(Cc3cccnc3)CC2)CC1. The largest absolute Gasteiger partial charge is 0.324 e. The van der Waals surface area contributed by atoms with Gasteiger partial charge in [0.25, 0.3) is 0 Å². The number of aromatic nitrogens is 1. The molecule has 0 unspecified atom stereocenters. The monoisotopic (exact) mass is 246 g/mol. The fraction of sp³-hybridized carbons (Fsp3) is 0.643. The molecule has 1 aliphatic heterocycles. The van der Waals surface area contributed by atoms with Crippen molar-refractivity contribution in [1.29, 1.82) is 0 Å². The highest BCUT2D eigenvalue weighted by atomic mass is 15.3. The zero-order chi connectivity index (χ0) is 12.4. The van der Waals surface area contributed by atoms with Gasteiger partial charge in [-0.2, -0.15) is 0 Å². The molecule has 2 N–H and O–H groups in total. The Morgan fingerprint density at radius 1 is 1.17 bits per heavy atom. The van der Waals surface area contributed by atoms with Gasteiger partial charge < -0.3 is 5.73 Å². The maximum Gasteiger partial charge on any atom is 0.0312 e. The summed E-state index contributed by atoms with van der Waals surface area (Å²) in [6.45, 7) is 6.71. The van der Waals surface area contributed by atoms with Crippen LogP contribution in [-0.4, -0.2) is 53.0 Å². The number of nitrogens with zero attached hydrogens (tertiary/aromatic N) is 3. The number of piperazine rings is 1. The molecule has 4 nitrogen and oxygen atoms in total. The molecule has 18 heavy (non-hydrogen) atoms. The highest BCUT2D eigenvalue weighted by Gasteiger charge is 2.39. The van der Waals surface area contributed by atoms with Crippen molar-refractivity contribution in [2.45, 2.75) is 24.9 Å². The quantitative estimate of drug-likeness (QED) is 0.849. The molecule has 2 fully saturated rings.